The first-order valence-electron chi connectivity index (χ1n) is 6.45. The maximum absolute atomic E-state index is 13.9. The van der Waals surface area contributed by atoms with Crippen LogP contribution in [-0.2, 0) is 0 Å². The van der Waals surface area contributed by atoms with Crippen LogP contribution in [0.2, 0.25) is 0 Å². The van der Waals surface area contributed by atoms with Crippen molar-refractivity contribution in [2.24, 2.45) is 11.7 Å². The maximum Gasteiger partial charge on any atom is 0.260 e. The number of nitrogens with two attached hydrogens (primary N) is 1. The van der Waals surface area contributed by atoms with Crippen molar-refractivity contribution in [1.29, 1.82) is 0 Å². The Morgan fingerprint density at radius 2 is 2.30 bits per heavy atom. The third-order valence-electron chi connectivity index (χ3n) is 3.52. The normalized spacial score (nSPS) is 18.7. The first-order valence-corrected chi connectivity index (χ1v) is 6.86. The summed E-state index contributed by atoms with van der Waals surface area (Å²) >= 11 is 4.99. The standard InChI is InChI=1S/C14H17FN2O2S/c1-19-11-6-2-5-10(15)12(11)14(18)17-7-3-4-9(8-17)13(16)20/h2,5-6,9H,3-4,7-8H2,1H3,(H2,16,20). The van der Waals surface area contributed by atoms with Gasteiger partial charge in [0.1, 0.15) is 17.1 Å². The molecule has 1 heterocycles. The van der Waals surface area contributed by atoms with Crippen LogP contribution in [0.4, 0.5) is 4.39 Å². The van der Waals surface area contributed by atoms with Crippen LogP contribution in [0.25, 0.3) is 0 Å². The number of piperidine rings is 1. The van der Waals surface area contributed by atoms with Crippen molar-refractivity contribution in [1.82, 2.24) is 4.90 Å². The van der Waals surface area contributed by atoms with E-state index in [2.05, 4.69) is 0 Å². The molecular weight excluding hydrogens is 279 g/mol. The van der Waals surface area contributed by atoms with Crippen LogP contribution >= 0.6 is 12.2 Å². The van der Waals surface area contributed by atoms with E-state index in [4.69, 9.17) is 22.7 Å². The van der Waals surface area contributed by atoms with E-state index < -0.39 is 5.82 Å². The van der Waals surface area contributed by atoms with Crippen molar-refractivity contribution in [3.63, 3.8) is 0 Å². The highest BCUT2D eigenvalue weighted by atomic mass is 32.1. The molecule has 20 heavy (non-hydrogen) atoms. The highest BCUT2D eigenvalue weighted by Crippen LogP contribution is 2.25. The lowest BCUT2D eigenvalue weighted by Gasteiger charge is -2.32. The number of benzene rings is 1. The van der Waals surface area contributed by atoms with Crippen LogP contribution in [0.15, 0.2) is 18.2 Å². The molecule has 1 fully saturated rings. The van der Waals surface area contributed by atoms with E-state index >= 15 is 0 Å². The molecule has 1 unspecified atom stereocenters. The minimum Gasteiger partial charge on any atom is -0.496 e. The number of likely N-dealkylation sites (tertiary alicyclic amines) is 1. The zero-order valence-corrected chi connectivity index (χ0v) is 12.1. The fourth-order valence-electron chi connectivity index (χ4n) is 2.43. The Hall–Kier alpha value is -1.69. The first-order chi connectivity index (χ1) is 9.54. The monoisotopic (exact) mass is 296 g/mol. The molecule has 1 saturated heterocycles. The molecule has 1 aliphatic rings. The third kappa shape index (κ3) is 2.90. The largest absolute Gasteiger partial charge is 0.496 e. The summed E-state index contributed by atoms with van der Waals surface area (Å²) in [6, 6.07) is 4.34. The van der Waals surface area contributed by atoms with E-state index in [-0.39, 0.29) is 23.1 Å². The van der Waals surface area contributed by atoms with Gasteiger partial charge in [-0.1, -0.05) is 18.3 Å². The Bertz CT molecular complexity index is 536. The highest BCUT2D eigenvalue weighted by molar-refractivity contribution is 7.80. The molecule has 1 aromatic carbocycles. The number of methoxy groups -OCH3 is 1. The van der Waals surface area contributed by atoms with E-state index in [1.165, 1.54) is 19.2 Å². The summed E-state index contributed by atoms with van der Waals surface area (Å²) in [4.78, 5) is 14.5. The topological polar surface area (TPSA) is 55.6 Å². The van der Waals surface area contributed by atoms with Gasteiger partial charge in [-0.15, -0.1) is 0 Å². The summed E-state index contributed by atoms with van der Waals surface area (Å²) in [6.07, 6.45) is 1.68. The number of rotatable bonds is 3. The molecule has 0 saturated carbocycles. The number of amides is 1. The molecule has 1 aromatic rings. The Morgan fingerprint density at radius 1 is 1.55 bits per heavy atom. The molecular formula is C14H17FN2O2S. The van der Waals surface area contributed by atoms with Crippen molar-refractivity contribution in [2.75, 3.05) is 20.2 Å². The maximum atomic E-state index is 13.9. The highest BCUT2D eigenvalue weighted by Gasteiger charge is 2.29. The number of carbonyl (C=O) groups excluding carboxylic acids is 1. The summed E-state index contributed by atoms with van der Waals surface area (Å²) in [6.45, 7) is 1.01. The van der Waals surface area contributed by atoms with E-state index in [1.54, 1.807) is 11.0 Å². The average molecular weight is 296 g/mol. The lowest BCUT2D eigenvalue weighted by Crippen LogP contribution is -2.43. The number of carbonyl (C=O) groups is 1. The number of hydrogen-bond donors (Lipinski definition) is 1. The van der Waals surface area contributed by atoms with E-state index in [0.29, 0.717) is 18.1 Å². The van der Waals surface area contributed by atoms with E-state index in [9.17, 15) is 9.18 Å². The van der Waals surface area contributed by atoms with E-state index in [1.807, 2.05) is 0 Å². The molecule has 108 valence electrons. The van der Waals surface area contributed by atoms with Crippen molar-refractivity contribution in [2.45, 2.75) is 12.8 Å². The summed E-state index contributed by atoms with van der Waals surface area (Å²) in [5.41, 5.74) is 5.62. The van der Waals surface area contributed by atoms with Crippen LogP contribution in [0.1, 0.15) is 23.2 Å². The van der Waals surface area contributed by atoms with Gasteiger partial charge in [0.15, 0.2) is 0 Å². The smallest absolute Gasteiger partial charge is 0.260 e. The summed E-state index contributed by atoms with van der Waals surface area (Å²) < 4.78 is 19.0. The first kappa shape index (κ1) is 14.7. The summed E-state index contributed by atoms with van der Waals surface area (Å²) in [5.74, 6) is -0.708. The number of thiocarbonyl (C=S) groups is 1. The molecule has 1 amide bonds. The van der Waals surface area contributed by atoms with Crippen LogP contribution < -0.4 is 10.5 Å². The van der Waals surface area contributed by atoms with Gasteiger partial charge in [-0.25, -0.2) is 4.39 Å². The van der Waals surface area contributed by atoms with Gasteiger partial charge in [0.05, 0.1) is 12.1 Å². The van der Waals surface area contributed by atoms with E-state index in [0.717, 1.165) is 12.8 Å². The molecule has 0 aromatic heterocycles. The Morgan fingerprint density at radius 3 is 2.95 bits per heavy atom. The molecule has 0 spiro atoms. The van der Waals surface area contributed by atoms with Crippen molar-refractivity contribution < 1.29 is 13.9 Å². The zero-order valence-electron chi connectivity index (χ0n) is 11.3. The van der Waals surface area contributed by atoms with Gasteiger partial charge in [0.2, 0.25) is 0 Å². The van der Waals surface area contributed by atoms with Crippen LogP contribution in [0.5, 0.6) is 5.75 Å². The molecule has 2 N–H and O–H groups in total. The fourth-order valence-corrected chi connectivity index (χ4v) is 2.63. The van der Waals surface area contributed by atoms with Gasteiger partial charge in [-0.2, -0.15) is 0 Å². The predicted octanol–water partition coefficient (Wildman–Crippen LogP) is 1.97. The van der Waals surface area contributed by atoms with Crippen LogP contribution in [-0.4, -0.2) is 36.0 Å². The average Bonchev–Trinajstić information content (AvgIpc) is 2.46. The van der Waals surface area contributed by atoms with Gasteiger partial charge < -0.3 is 15.4 Å². The van der Waals surface area contributed by atoms with Gasteiger partial charge in [-0.3, -0.25) is 4.79 Å². The van der Waals surface area contributed by atoms with Gasteiger partial charge in [0, 0.05) is 19.0 Å². The molecule has 0 aliphatic carbocycles. The second-order valence-corrected chi connectivity index (χ2v) is 5.28. The number of hydrogen-bond acceptors (Lipinski definition) is 3. The van der Waals surface area contributed by atoms with Crippen molar-refractivity contribution in [3.05, 3.63) is 29.6 Å². The number of ether oxygens (including phenoxy) is 1. The third-order valence-corrected chi connectivity index (χ3v) is 3.85. The minimum absolute atomic E-state index is 0.000434. The Kier molecular flexibility index (Phi) is 4.54. The quantitative estimate of drug-likeness (QED) is 0.867. The zero-order chi connectivity index (χ0) is 14.7. The molecule has 0 bridgehead atoms. The molecule has 6 heteroatoms. The molecule has 1 atom stereocenters. The SMILES string of the molecule is COc1cccc(F)c1C(=O)N1CCCC(C(N)=S)C1. The second kappa shape index (κ2) is 6.17. The lowest BCUT2D eigenvalue weighted by atomic mass is 9.97. The molecule has 2 rings (SSSR count). The van der Waals surface area contributed by atoms with Crippen molar-refractivity contribution >= 4 is 23.1 Å². The van der Waals surface area contributed by atoms with Crippen molar-refractivity contribution in [3.8, 4) is 5.75 Å². The van der Waals surface area contributed by atoms with Gasteiger partial charge >= 0.3 is 0 Å². The summed E-state index contributed by atoms with van der Waals surface area (Å²) in [5, 5.41) is 0. The van der Waals surface area contributed by atoms with Gasteiger partial charge in [-0.05, 0) is 25.0 Å². The van der Waals surface area contributed by atoms with Crippen LogP contribution in [0, 0.1) is 11.7 Å². The summed E-state index contributed by atoms with van der Waals surface area (Å²) in [7, 11) is 1.42. The van der Waals surface area contributed by atoms with Crippen LogP contribution in [0.3, 0.4) is 0 Å². The molecule has 4 nitrogen and oxygen atoms in total. The second-order valence-electron chi connectivity index (χ2n) is 4.81. The number of halogens is 1. The lowest BCUT2D eigenvalue weighted by molar-refractivity contribution is 0.0695. The predicted molar refractivity (Wildman–Crippen MR) is 78.4 cm³/mol. The molecule has 0 radical (unpaired) electrons. The fraction of sp³-hybridized carbons (Fsp3) is 0.429. The minimum atomic E-state index is -0.577. The molecule has 1 aliphatic heterocycles. The number of nitrogens with zero attached hydrogens (tertiary/aromatic N) is 1. The Balaban J connectivity index is 2.25. The van der Waals surface area contributed by atoms with Gasteiger partial charge in [0.25, 0.3) is 5.91 Å². The Labute approximate surface area is 122 Å².